The minimum atomic E-state index is 0.522. The van der Waals surface area contributed by atoms with Crippen molar-refractivity contribution in [1.82, 2.24) is 15.3 Å². The van der Waals surface area contributed by atoms with Crippen molar-refractivity contribution < 1.29 is 4.74 Å². The monoisotopic (exact) mass is 291 g/mol. The van der Waals surface area contributed by atoms with E-state index in [1.165, 1.54) is 0 Å². The molecule has 106 valence electrons. The van der Waals surface area contributed by atoms with Gasteiger partial charge in [-0.05, 0) is 38.1 Å². The average Bonchev–Trinajstić information content (AvgIpc) is 2.45. The fraction of sp³-hybridized carbons (Fsp3) is 0.333. The Morgan fingerprint density at radius 2 is 2.10 bits per heavy atom. The lowest BCUT2D eigenvalue weighted by Crippen LogP contribution is -2.15. The highest BCUT2D eigenvalue weighted by Gasteiger charge is 2.05. The summed E-state index contributed by atoms with van der Waals surface area (Å²) in [4.78, 5) is 8.60. The van der Waals surface area contributed by atoms with Crippen molar-refractivity contribution in [3.8, 4) is 11.6 Å². The van der Waals surface area contributed by atoms with Crippen LogP contribution in [0.15, 0.2) is 30.5 Å². The molecular weight excluding hydrogens is 274 g/mol. The number of nitrogens with zero attached hydrogens (tertiary/aromatic N) is 2. The van der Waals surface area contributed by atoms with Gasteiger partial charge in [0.05, 0.1) is 16.9 Å². The lowest BCUT2D eigenvalue weighted by atomic mass is 10.3. The molecule has 0 saturated heterocycles. The maximum absolute atomic E-state index is 6.13. The summed E-state index contributed by atoms with van der Waals surface area (Å²) in [7, 11) is 0. The number of rotatable bonds is 6. The summed E-state index contributed by atoms with van der Waals surface area (Å²) in [6.45, 7) is 5.62. The van der Waals surface area contributed by atoms with Gasteiger partial charge in [0.1, 0.15) is 5.75 Å². The van der Waals surface area contributed by atoms with E-state index in [9.17, 15) is 0 Å². The number of aryl methyl sites for hydroxylation is 1. The molecule has 0 bridgehead atoms. The summed E-state index contributed by atoms with van der Waals surface area (Å²) >= 11 is 6.13. The highest BCUT2D eigenvalue weighted by atomic mass is 35.5. The molecule has 2 aromatic rings. The van der Waals surface area contributed by atoms with Crippen molar-refractivity contribution in [2.24, 2.45) is 0 Å². The molecule has 0 amide bonds. The molecule has 0 saturated carbocycles. The Bertz CT molecular complexity index is 558. The first-order chi connectivity index (χ1) is 9.69. The molecule has 2 aromatic heterocycles. The normalized spacial score (nSPS) is 10.6. The summed E-state index contributed by atoms with van der Waals surface area (Å²) in [5.41, 5.74) is 1.74. The van der Waals surface area contributed by atoms with E-state index in [2.05, 4.69) is 22.2 Å². The third kappa shape index (κ3) is 4.18. The van der Waals surface area contributed by atoms with Crippen LogP contribution in [-0.2, 0) is 6.54 Å². The van der Waals surface area contributed by atoms with Gasteiger partial charge in [0.25, 0.3) is 0 Å². The van der Waals surface area contributed by atoms with Gasteiger partial charge >= 0.3 is 0 Å². The van der Waals surface area contributed by atoms with Crippen LogP contribution in [0.25, 0.3) is 0 Å². The highest BCUT2D eigenvalue weighted by Crippen LogP contribution is 2.22. The van der Waals surface area contributed by atoms with Gasteiger partial charge in [-0.15, -0.1) is 0 Å². The molecule has 1 N–H and O–H groups in total. The Morgan fingerprint density at radius 1 is 1.25 bits per heavy atom. The van der Waals surface area contributed by atoms with Gasteiger partial charge in [0, 0.05) is 18.3 Å². The predicted molar refractivity (Wildman–Crippen MR) is 80.3 cm³/mol. The zero-order valence-corrected chi connectivity index (χ0v) is 12.4. The summed E-state index contributed by atoms with van der Waals surface area (Å²) in [6, 6.07) is 7.32. The van der Waals surface area contributed by atoms with Gasteiger partial charge in [-0.3, -0.25) is 4.98 Å². The highest BCUT2D eigenvalue weighted by molar-refractivity contribution is 6.31. The second-order valence-electron chi connectivity index (χ2n) is 4.49. The predicted octanol–water partition coefficient (Wildman–Crippen LogP) is 3.73. The molecule has 5 heteroatoms. The molecule has 0 aromatic carbocycles. The Balaban J connectivity index is 2.08. The van der Waals surface area contributed by atoms with Gasteiger partial charge in [-0.1, -0.05) is 18.5 Å². The number of nitrogens with one attached hydrogen (secondary N) is 1. The molecule has 20 heavy (non-hydrogen) atoms. The maximum Gasteiger partial charge on any atom is 0.219 e. The fourth-order valence-corrected chi connectivity index (χ4v) is 1.84. The number of ether oxygens (including phenoxy) is 1. The largest absolute Gasteiger partial charge is 0.437 e. The van der Waals surface area contributed by atoms with Crippen LogP contribution < -0.4 is 10.1 Å². The molecule has 2 heterocycles. The third-order valence-corrected chi connectivity index (χ3v) is 3.06. The first-order valence-electron chi connectivity index (χ1n) is 6.65. The Labute approximate surface area is 124 Å². The van der Waals surface area contributed by atoms with E-state index < -0.39 is 0 Å². The van der Waals surface area contributed by atoms with Crippen LogP contribution in [0.3, 0.4) is 0 Å². The molecule has 0 aliphatic carbocycles. The standard InChI is InChI=1S/C15H18ClN3O/c1-3-8-17-10-14-13(16)6-7-15(19-14)20-12-5-4-11(2)18-9-12/h4-7,9,17H,3,8,10H2,1-2H3. The molecule has 0 atom stereocenters. The number of halogens is 1. The first kappa shape index (κ1) is 14.8. The van der Waals surface area contributed by atoms with Crippen molar-refractivity contribution in [3.63, 3.8) is 0 Å². The molecule has 0 radical (unpaired) electrons. The van der Waals surface area contributed by atoms with Crippen molar-refractivity contribution in [1.29, 1.82) is 0 Å². The summed E-state index contributed by atoms with van der Waals surface area (Å²) in [6.07, 6.45) is 2.75. The van der Waals surface area contributed by atoms with Crippen molar-refractivity contribution >= 4 is 11.6 Å². The van der Waals surface area contributed by atoms with Gasteiger partial charge in [0.15, 0.2) is 0 Å². The van der Waals surface area contributed by atoms with Gasteiger partial charge in [0.2, 0.25) is 5.88 Å². The number of hydrogen-bond donors (Lipinski definition) is 1. The van der Waals surface area contributed by atoms with Crippen molar-refractivity contribution in [2.75, 3.05) is 6.54 Å². The Kier molecular flexibility index (Phi) is 5.32. The third-order valence-electron chi connectivity index (χ3n) is 2.72. The van der Waals surface area contributed by atoms with E-state index in [4.69, 9.17) is 16.3 Å². The van der Waals surface area contributed by atoms with Gasteiger partial charge < -0.3 is 10.1 Å². The Morgan fingerprint density at radius 3 is 2.80 bits per heavy atom. The second-order valence-corrected chi connectivity index (χ2v) is 4.90. The molecule has 0 spiro atoms. The number of aromatic nitrogens is 2. The minimum Gasteiger partial charge on any atom is -0.437 e. The number of pyridine rings is 2. The second kappa shape index (κ2) is 7.22. The van der Waals surface area contributed by atoms with Crippen LogP contribution in [0, 0.1) is 6.92 Å². The smallest absolute Gasteiger partial charge is 0.219 e. The minimum absolute atomic E-state index is 0.522. The molecular formula is C15H18ClN3O. The molecule has 0 aliphatic heterocycles. The van der Waals surface area contributed by atoms with E-state index in [1.54, 1.807) is 18.3 Å². The van der Waals surface area contributed by atoms with Crippen molar-refractivity contribution in [3.05, 3.63) is 46.9 Å². The molecule has 4 nitrogen and oxygen atoms in total. The Hall–Kier alpha value is -1.65. The van der Waals surface area contributed by atoms with E-state index in [0.29, 0.717) is 23.2 Å². The van der Waals surface area contributed by atoms with Gasteiger partial charge in [-0.2, -0.15) is 0 Å². The van der Waals surface area contributed by atoms with Crippen LogP contribution in [0.1, 0.15) is 24.7 Å². The van der Waals surface area contributed by atoms with E-state index in [-0.39, 0.29) is 0 Å². The van der Waals surface area contributed by atoms with Crippen LogP contribution in [0.4, 0.5) is 0 Å². The SMILES string of the molecule is CCCNCc1nc(Oc2ccc(C)nc2)ccc1Cl. The van der Waals surface area contributed by atoms with E-state index in [0.717, 1.165) is 24.4 Å². The average molecular weight is 292 g/mol. The maximum atomic E-state index is 6.13. The zero-order valence-electron chi connectivity index (χ0n) is 11.7. The quantitative estimate of drug-likeness (QED) is 0.824. The molecule has 0 fully saturated rings. The number of hydrogen-bond acceptors (Lipinski definition) is 4. The molecule has 0 unspecified atom stereocenters. The lowest BCUT2D eigenvalue weighted by molar-refractivity contribution is 0.457. The first-order valence-corrected chi connectivity index (χ1v) is 7.03. The summed E-state index contributed by atoms with van der Waals surface area (Å²) in [5, 5.41) is 3.92. The fourth-order valence-electron chi connectivity index (χ4n) is 1.66. The van der Waals surface area contributed by atoms with Crippen LogP contribution >= 0.6 is 11.6 Å². The van der Waals surface area contributed by atoms with Crippen LogP contribution in [-0.4, -0.2) is 16.5 Å². The van der Waals surface area contributed by atoms with E-state index >= 15 is 0 Å². The van der Waals surface area contributed by atoms with Crippen molar-refractivity contribution in [2.45, 2.75) is 26.8 Å². The summed E-state index contributed by atoms with van der Waals surface area (Å²) in [5.74, 6) is 1.19. The van der Waals surface area contributed by atoms with Crippen LogP contribution in [0.5, 0.6) is 11.6 Å². The molecule has 0 aliphatic rings. The zero-order chi connectivity index (χ0) is 14.4. The van der Waals surface area contributed by atoms with E-state index in [1.807, 2.05) is 19.1 Å². The van der Waals surface area contributed by atoms with Gasteiger partial charge in [-0.25, -0.2) is 4.98 Å². The topological polar surface area (TPSA) is 47.0 Å². The lowest BCUT2D eigenvalue weighted by Gasteiger charge is -2.09. The molecule has 2 rings (SSSR count). The van der Waals surface area contributed by atoms with Crippen LogP contribution in [0.2, 0.25) is 5.02 Å². The summed E-state index contributed by atoms with van der Waals surface area (Å²) < 4.78 is 5.68.